The first-order valence-electron chi connectivity index (χ1n) is 8.55. The number of aromatic nitrogens is 3. The predicted molar refractivity (Wildman–Crippen MR) is 97.1 cm³/mol. The molecular formula is C19H22N4O2. The number of anilines is 1. The highest BCUT2D eigenvalue weighted by molar-refractivity contribution is 5.76. The molecule has 1 N–H and O–H groups in total. The van der Waals surface area contributed by atoms with E-state index in [0.29, 0.717) is 0 Å². The van der Waals surface area contributed by atoms with Crippen LogP contribution in [0.4, 0.5) is 5.82 Å². The Balaban J connectivity index is 1.60. The van der Waals surface area contributed by atoms with E-state index in [0.717, 1.165) is 48.6 Å². The van der Waals surface area contributed by atoms with Gasteiger partial charge in [0, 0.05) is 20.2 Å². The summed E-state index contributed by atoms with van der Waals surface area (Å²) < 4.78 is 7.54. The second-order valence-electron chi connectivity index (χ2n) is 6.49. The van der Waals surface area contributed by atoms with Crippen molar-refractivity contribution in [3.05, 3.63) is 48.8 Å². The Morgan fingerprint density at radius 2 is 1.84 bits per heavy atom. The molecule has 0 atom stereocenters. The summed E-state index contributed by atoms with van der Waals surface area (Å²) >= 11 is 0. The second kappa shape index (κ2) is 6.46. The molecule has 0 bridgehead atoms. The molecule has 0 amide bonds. The van der Waals surface area contributed by atoms with E-state index in [1.807, 2.05) is 53.4 Å². The van der Waals surface area contributed by atoms with Crippen LogP contribution >= 0.6 is 0 Å². The molecule has 0 aliphatic carbocycles. The fourth-order valence-corrected chi connectivity index (χ4v) is 3.43. The Morgan fingerprint density at radius 1 is 1.08 bits per heavy atom. The molecule has 6 heteroatoms. The normalized spacial score (nSPS) is 17.1. The maximum atomic E-state index is 9.60. The minimum Gasteiger partial charge on any atom is -0.393 e. The van der Waals surface area contributed by atoms with Crippen LogP contribution in [0, 0.1) is 0 Å². The highest BCUT2D eigenvalue weighted by atomic mass is 16.5. The summed E-state index contributed by atoms with van der Waals surface area (Å²) in [5.74, 6) is 1.80. The van der Waals surface area contributed by atoms with Crippen LogP contribution in [-0.4, -0.2) is 52.0 Å². The van der Waals surface area contributed by atoms with Gasteiger partial charge in [0.05, 0.1) is 23.2 Å². The molecule has 0 saturated carbocycles. The van der Waals surface area contributed by atoms with Crippen LogP contribution in [0.2, 0.25) is 0 Å². The van der Waals surface area contributed by atoms with E-state index < -0.39 is 5.60 Å². The van der Waals surface area contributed by atoms with E-state index in [2.05, 4.69) is 9.88 Å². The first-order valence-corrected chi connectivity index (χ1v) is 8.55. The minimum absolute atomic E-state index is 0.0613. The number of ether oxygens (including phenoxy) is 1. The number of benzene rings is 1. The first-order chi connectivity index (χ1) is 12.2. The standard InChI is InChI=1S/C19H22N4O2/c1-25-19(13-24)9-11-22(12-10-19)17-7-4-8-18(21-17)23-14-20-15-5-2-3-6-16(15)23/h2-8,14,24H,9-13H2,1H3. The fourth-order valence-electron chi connectivity index (χ4n) is 3.43. The van der Waals surface area contributed by atoms with Gasteiger partial charge in [0.2, 0.25) is 0 Å². The Kier molecular flexibility index (Phi) is 4.15. The van der Waals surface area contributed by atoms with Gasteiger partial charge in [-0.05, 0) is 37.1 Å². The van der Waals surface area contributed by atoms with Crippen molar-refractivity contribution in [1.82, 2.24) is 14.5 Å². The molecule has 1 saturated heterocycles. The summed E-state index contributed by atoms with van der Waals surface area (Å²) in [7, 11) is 1.68. The van der Waals surface area contributed by atoms with E-state index in [1.54, 1.807) is 7.11 Å². The van der Waals surface area contributed by atoms with Gasteiger partial charge in [-0.15, -0.1) is 0 Å². The van der Waals surface area contributed by atoms with Crippen LogP contribution in [0.1, 0.15) is 12.8 Å². The van der Waals surface area contributed by atoms with Crippen molar-refractivity contribution >= 4 is 16.9 Å². The number of nitrogens with zero attached hydrogens (tertiary/aromatic N) is 4. The zero-order chi connectivity index (χ0) is 17.3. The lowest BCUT2D eigenvalue weighted by molar-refractivity contribution is -0.0673. The number of rotatable bonds is 4. The van der Waals surface area contributed by atoms with Crippen LogP contribution in [0.3, 0.4) is 0 Å². The third kappa shape index (κ3) is 2.88. The van der Waals surface area contributed by atoms with Crippen LogP contribution < -0.4 is 4.90 Å². The minimum atomic E-state index is -0.408. The van der Waals surface area contributed by atoms with Gasteiger partial charge < -0.3 is 14.7 Å². The number of para-hydroxylation sites is 2. The summed E-state index contributed by atoms with van der Waals surface area (Å²) in [5, 5.41) is 9.60. The number of pyridine rings is 1. The first kappa shape index (κ1) is 16.1. The lowest BCUT2D eigenvalue weighted by Crippen LogP contribution is -2.48. The number of piperidine rings is 1. The SMILES string of the molecule is COC1(CO)CCN(c2cccc(-n3cnc4ccccc43)n2)CC1. The molecular weight excluding hydrogens is 316 g/mol. The van der Waals surface area contributed by atoms with Gasteiger partial charge in [-0.2, -0.15) is 0 Å². The fraction of sp³-hybridized carbons (Fsp3) is 0.368. The molecule has 0 spiro atoms. The predicted octanol–water partition coefficient (Wildman–Crippen LogP) is 2.40. The van der Waals surface area contributed by atoms with Crippen LogP contribution in [0.15, 0.2) is 48.8 Å². The van der Waals surface area contributed by atoms with Gasteiger partial charge in [0.1, 0.15) is 18.0 Å². The van der Waals surface area contributed by atoms with Crippen molar-refractivity contribution < 1.29 is 9.84 Å². The molecule has 25 heavy (non-hydrogen) atoms. The Bertz CT molecular complexity index is 862. The monoisotopic (exact) mass is 338 g/mol. The molecule has 3 aromatic rings. The van der Waals surface area contributed by atoms with Crippen molar-refractivity contribution in [2.75, 3.05) is 31.7 Å². The van der Waals surface area contributed by atoms with Gasteiger partial charge in [-0.3, -0.25) is 4.57 Å². The number of fused-ring (bicyclic) bond motifs is 1. The quantitative estimate of drug-likeness (QED) is 0.791. The van der Waals surface area contributed by atoms with E-state index >= 15 is 0 Å². The Morgan fingerprint density at radius 3 is 2.60 bits per heavy atom. The molecule has 2 aromatic heterocycles. The van der Waals surface area contributed by atoms with Crippen molar-refractivity contribution in [3.63, 3.8) is 0 Å². The van der Waals surface area contributed by atoms with E-state index in [-0.39, 0.29) is 6.61 Å². The van der Waals surface area contributed by atoms with Crippen LogP contribution in [0.25, 0.3) is 16.9 Å². The van der Waals surface area contributed by atoms with Gasteiger partial charge in [0.25, 0.3) is 0 Å². The lowest BCUT2D eigenvalue weighted by atomic mass is 9.92. The van der Waals surface area contributed by atoms with Gasteiger partial charge >= 0.3 is 0 Å². The van der Waals surface area contributed by atoms with Gasteiger partial charge in [-0.25, -0.2) is 9.97 Å². The molecule has 130 valence electrons. The average Bonchev–Trinajstić information content (AvgIpc) is 3.12. The average molecular weight is 338 g/mol. The summed E-state index contributed by atoms with van der Waals surface area (Å²) in [6.07, 6.45) is 3.40. The Hall–Kier alpha value is -2.44. The molecule has 0 radical (unpaired) electrons. The van der Waals surface area contributed by atoms with Crippen molar-refractivity contribution in [2.45, 2.75) is 18.4 Å². The lowest BCUT2D eigenvalue weighted by Gasteiger charge is -2.40. The summed E-state index contributed by atoms with van der Waals surface area (Å²) in [6, 6.07) is 14.1. The molecule has 4 rings (SSSR count). The Labute approximate surface area is 146 Å². The van der Waals surface area contributed by atoms with Gasteiger partial charge in [-0.1, -0.05) is 18.2 Å². The van der Waals surface area contributed by atoms with Crippen molar-refractivity contribution in [3.8, 4) is 5.82 Å². The van der Waals surface area contributed by atoms with E-state index in [9.17, 15) is 5.11 Å². The molecule has 1 aromatic carbocycles. The molecule has 1 aliphatic rings. The topological polar surface area (TPSA) is 63.4 Å². The number of imidazole rings is 1. The largest absolute Gasteiger partial charge is 0.393 e. The maximum Gasteiger partial charge on any atom is 0.140 e. The smallest absolute Gasteiger partial charge is 0.140 e. The zero-order valence-corrected chi connectivity index (χ0v) is 14.3. The number of methoxy groups -OCH3 is 1. The number of aliphatic hydroxyl groups excluding tert-OH is 1. The molecule has 6 nitrogen and oxygen atoms in total. The highest BCUT2D eigenvalue weighted by Crippen LogP contribution is 2.28. The molecule has 1 fully saturated rings. The van der Waals surface area contributed by atoms with Crippen molar-refractivity contribution in [2.24, 2.45) is 0 Å². The molecule has 3 heterocycles. The molecule has 0 unspecified atom stereocenters. The van der Waals surface area contributed by atoms with Gasteiger partial charge in [0.15, 0.2) is 0 Å². The van der Waals surface area contributed by atoms with E-state index in [1.165, 1.54) is 0 Å². The zero-order valence-electron chi connectivity index (χ0n) is 14.3. The van der Waals surface area contributed by atoms with Crippen LogP contribution in [0.5, 0.6) is 0 Å². The summed E-state index contributed by atoms with van der Waals surface area (Å²) in [5.41, 5.74) is 1.60. The highest BCUT2D eigenvalue weighted by Gasteiger charge is 2.34. The van der Waals surface area contributed by atoms with Crippen molar-refractivity contribution in [1.29, 1.82) is 0 Å². The third-order valence-corrected chi connectivity index (χ3v) is 5.14. The second-order valence-corrected chi connectivity index (χ2v) is 6.49. The molecule has 1 aliphatic heterocycles. The number of hydrogen-bond donors (Lipinski definition) is 1. The summed E-state index contributed by atoms with van der Waals surface area (Å²) in [6.45, 7) is 1.69. The number of aliphatic hydroxyl groups is 1. The maximum absolute atomic E-state index is 9.60. The number of hydrogen-bond acceptors (Lipinski definition) is 5. The van der Waals surface area contributed by atoms with Crippen LogP contribution in [-0.2, 0) is 4.74 Å². The third-order valence-electron chi connectivity index (χ3n) is 5.14. The summed E-state index contributed by atoms with van der Waals surface area (Å²) in [4.78, 5) is 11.5. The van der Waals surface area contributed by atoms with E-state index in [4.69, 9.17) is 9.72 Å².